The van der Waals surface area contributed by atoms with Crippen molar-refractivity contribution in [3.63, 3.8) is 0 Å². The number of nitrogens with zero attached hydrogens (tertiary/aromatic N) is 2. The van der Waals surface area contributed by atoms with E-state index in [1.165, 1.54) is 29.8 Å². The highest BCUT2D eigenvalue weighted by Gasteiger charge is 2.23. The zero-order valence-corrected chi connectivity index (χ0v) is 29.1. The molecule has 0 atom stereocenters. The van der Waals surface area contributed by atoms with Gasteiger partial charge >= 0.3 is 6.16 Å². The molecule has 0 saturated carbocycles. The van der Waals surface area contributed by atoms with Crippen LogP contribution in [0.25, 0.3) is 33.4 Å². The second kappa shape index (κ2) is 17.3. The van der Waals surface area contributed by atoms with E-state index in [0.717, 1.165) is 35.0 Å². The summed E-state index contributed by atoms with van der Waals surface area (Å²) in [6, 6.07) is 16.4. The van der Waals surface area contributed by atoms with Crippen LogP contribution in [0.4, 0.5) is 10.5 Å². The second-order valence-electron chi connectivity index (χ2n) is 11.3. The first kappa shape index (κ1) is 35.2. The number of amides is 1. The van der Waals surface area contributed by atoms with Gasteiger partial charge in [-0.25, -0.2) is 9.37 Å². The highest BCUT2D eigenvalue weighted by atomic mass is 127. The lowest BCUT2D eigenvalue weighted by Crippen LogP contribution is -2.27. The molecule has 246 valence electrons. The van der Waals surface area contributed by atoms with Crippen molar-refractivity contribution in [1.29, 1.82) is 0 Å². The Bertz CT molecular complexity index is 1680. The lowest BCUT2D eigenvalue weighted by Gasteiger charge is -2.19. The Hall–Kier alpha value is -3.68. The molecule has 0 unspecified atom stereocenters. The third-order valence-electron chi connectivity index (χ3n) is 7.51. The molecule has 2 aromatic carbocycles. The Kier molecular flexibility index (Phi) is 13.2. The van der Waals surface area contributed by atoms with E-state index >= 15 is 0 Å². The fourth-order valence-corrected chi connectivity index (χ4v) is 5.62. The zero-order valence-electron chi connectivity index (χ0n) is 26.9. The minimum absolute atomic E-state index is 0.111. The first-order valence-corrected chi connectivity index (χ1v) is 16.9. The summed E-state index contributed by atoms with van der Waals surface area (Å²) in [5, 5.41) is 14.1. The molecule has 11 heteroatoms. The van der Waals surface area contributed by atoms with Crippen molar-refractivity contribution in [1.82, 2.24) is 9.89 Å². The number of carboxylic acid groups (broad SMARTS) is 1. The van der Waals surface area contributed by atoms with Crippen molar-refractivity contribution in [3.05, 3.63) is 65.5 Å². The maximum absolute atomic E-state index is 13.2. The molecule has 46 heavy (non-hydrogen) atoms. The Balaban J connectivity index is 1.57. The van der Waals surface area contributed by atoms with Crippen LogP contribution in [0.2, 0.25) is 0 Å². The summed E-state index contributed by atoms with van der Waals surface area (Å²) in [6.07, 6.45) is 3.28. The number of rotatable bonds is 16. The number of fused-ring (bicyclic) bond motifs is 2. The molecule has 4 rings (SSSR count). The van der Waals surface area contributed by atoms with E-state index in [1.807, 2.05) is 74.1 Å². The molecular weight excluding hydrogens is 701 g/mol. The Morgan fingerprint density at radius 3 is 2.37 bits per heavy atom. The standard InChI is InChI=1S/C35H42IN3O7/c1-38(2)25-10-12-27-31(22-25)45-32-23-26(39(3)4)11-13-28(32)33(27)29-21-24(9-14-30(29)46-35(41)42)34(40)37-16-18-44-20-19-43-17-8-6-5-7-15-36/h9-14,21-23H,5-8,15-20H2,1-4H3,(H-,37,40,41,42)/p+1. The number of alkyl halides is 1. The number of carbonyl (C=O) groups excluding carboxylic acids is 1. The van der Waals surface area contributed by atoms with E-state index in [9.17, 15) is 14.7 Å². The number of benzene rings is 3. The number of ether oxygens (including phenoxy) is 3. The van der Waals surface area contributed by atoms with E-state index < -0.39 is 6.16 Å². The smallest absolute Gasteiger partial charge is 0.456 e. The van der Waals surface area contributed by atoms with E-state index in [1.54, 1.807) is 12.1 Å². The molecule has 2 N–H and O–H groups in total. The molecule has 0 saturated heterocycles. The molecule has 1 aliphatic carbocycles. The average Bonchev–Trinajstić information content (AvgIpc) is 3.03. The number of hydrogen-bond acceptors (Lipinski definition) is 7. The number of nitrogens with one attached hydrogen (secondary N) is 1. The Morgan fingerprint density at radius 2 is 1.65 bits per heavy atom. The molecule has 2 aromatic rings. The molecule has 1 amide bonds. The maximum Gasteiger partial charge on any atom is 0.511 e. The Labute approximate surface area is 283 Å². The van der Waals surface area contributed by atoms with Crippen molar-refractivity contribution in [2.75, 3.05) is 70.5 Å². The van der Waals surface area contributed by atoms with Gasteiger partial charge in [0.05, 0.1) is 25.9 Å². The quantitative estimate of drug-likeness (QED) is 0.0269. The number of halogens is 1. The van der Waals surface area contributed by atoms with Crippen LogP contribution in [0.3, 0.4) is 0 Å². The van der Waals surface area contributed by atoms with Crippen molar-refractivity contribution in [2.45, 2.75) is 25.7 Å². The monoisotopic (exact) mass is 744 g/mol. The third kappa shape index (κ3) is 9.43. The van der Waals surface area contributed by atoms with Gasteiger partial charge in [-0.15, -0.1) is 0 Å². The molecule has 2 aliphatic rings. The van der Waals surface area contributed by atoms with E-state index in [4.69, 9.17) is 18.6 Å². The molecule has 0 aromatic heterocycles. The summed E-state index contributed by atoms with van der Waals surface area (Å²) < 4.78 is 26.1. The van der Waals surface area contributed by atoms with Crippen molar-refractivity contribution >= 4 is 51.3 Å². The first-order valence-electron chi connectivity index (χ1n) is 15.4. The van der Waals surface area contributed by atoms with Gasteiger partial charge in [0, 0.05) is 72.7 Å². The number of unbranched alkanes of at least 4 members (excludes halogenated alkanes) is 3. The minimum atomic E-state index is -1.45. The van der Waals surface area contributed by atoms with E-state index in [2.05, 4.69) is 27.9 Å². The van der Waals surface area contributed by atoms with Crippen molar-refractivity contribution in [2.24, 2.45) is 0 Å². The minimum Gasteiger partial charge on any atom is -0.456 e. The number of carbonyl (C=O) groups is 2. The van der Waals surface area contributed by atoms with Crippen molar-refractivity contribution in [3.8, 4) is 28.2 Å². The van der Waals surface area contributed by atoms with Crippen LogP contribution in [0.15, 0.2) is 59.0 Å². The molecule has 1 heterocycles. The molecule has 0 bridgehead atoms. The summed E-state index contributed by atoms with van der Waals surface area (Å²) in [5.41, 5.74) is 3.81. The van der Waals surface area contributed by atoms with Gasteiger partial charge in [-0.3, -0.25) is 4.79 Å². The van der Waals surface area contributed by atoms with Crippen LogP contribution in [-0.2, 0) is 9.47 Å². The Morgan fingerprint density at radius 1 is 0.891 bits per heavy atom. The summed E-state index contributed by atoms with van der Waals surface area (Å²) >= 11 is 2.40. The predicted octanol–water partition coefficient (Wildman–Crippen LogP) is 6.12. The second-order valence-corrected chi connectivity index (χ2v) is 12.4. The van der Waals surface area contributed by atoms with Gasteiger partial charge < -0.3 is 34.0 Å². The lowest BCUT2D eigenvalue weighted by molar-refractivity contribution is 0.0468. The van der Waals surface area contributed by atoms with Crippen LogP contribution < -0.4 is 24.9 Å². The normalized spacial score (nSPS) is 11.2. The average molecular weight is 745 g/mol. The maximum atomic E-state index is 13.2. The number of hydrogen-bond donors (Lipinski definition) is 2. The SMILES string of the molecule is CN(C)c1ccc2c(-c3cc(C(=O)NCCOCCOCCCCCCI)ccc3OC(=O)O)c3ccc(=[N+](C)C)cc-3oc2c1. The fourth-order valence-electron chi connectivity index (χ4n) is 5.08. The predicted molar refractivity (Wildman–Crippen MR) is 190 cm³/mol. The summed E-state index contributed by atoms with van der Waals surface area (Å²) in [6.45, 7) is 2.37. The van der Waals surface area contributed by atoms with Gasteiger partial charge in [-0.2, -0.15) is 0 Å². The van der Waals surface area contributed by atoms with Crippen molar-refractivity contribution < 1.29 is 33.3 Å². The van der Waals surface area contributed by atoms with Gasteiger partial charge in [0.2, 0.25) is 5.36 Å². The molecule has 10 nitrogen and oxygen atoms in total. The van der Waals surface area contributed by atoms with Gasteiger partial charge in [-0.05, 0) is 53.7 Å². The molecule has 0 radical (unpaired) electrons. The topological polar surface area (TPSA) is 113 Å². The lowest BCUT2D eigenvalue weighted by atomic mass is 9.91. The summed E-state index contributed by atoms with van der Waals surface area (Å²) in [4.78, 5) is 26.9. The van der Waals surface area contributed by atoms with E-state index in [-0.39, 0.29) is 11.7 Å². The highest BCUT2D eigenvalue weighted by Crippen LogP contribution is 2.44. The van der Waals surface area contributed by atoms with Crippen LogP contribution in [0.5, 0.6) is 5.75 Å². The molecule has 0 fully saturated rings. The molecular formula is C35H43IN3O7+. The highest BCUT2D eigenvalue weighted by molar-refractivity contribution is 14.1. The summed E-state index contributed by atoms with van der Waals surface area (Å²) in [7, 11) is 7.79. The van der Waals surface area contributed by atoms with Crippen LogP contribution >= 0.6 is 22.6 Å². The van der Waals surface area contributed by atoms with Crippen LogP contribution in [0.1, 0.15) is 36.0 Å². The molecule has 0 spiro atoms. The van der Waals surface area contributed by atoms with Gasteiger partial charge in [-0.1, -0.05) is 35.4 Å². The van der Waals surface area contributed by atoms with Gasteiger partial charge in [0.1, 0.15) is 31.2 Å². The number of anilines is 1. The third-order valence-corrected chi connectivity index (χ3v) is 8.27. The molecule has 1 aliphatic heterocycles. The largest absolute Gasteiger partial charge is 0.511 e. The van der Waals surface area contributed by atoms with Gasteiger partial charge in [0.25, 0.3) is 5.91 Å². The van der Waals surface area contributed by atoms with Crippen LogP contribution in [0, 0.1) is 0 Å². The fraction of sp³-hybridized carbons (Fsp3) is 0.400. The van der Waals surface area contributed by atoms with Crippen LogP contribution in [-0.4, -0.2) is 82.8 Å². The zero-order chi connectivity index (χ0) is 33.1. The van der Waals surface area contributed by atoms with E-state index in [0.29, 0.717) is 54.4 Å². The summed E-state index contributed by atoms with van der Waals surface area (Å²) in [5.74, 6) is 0.408. The van der Waals surface area contributed by atoms with Gasteiger partial charge in [0.15, 0.2) is 0 Å². The first-order chi connectivity index (χ1) is 22.2.